The van der Waals surface area contributed by atoms with Gasteiger partial charge in [0.1, 0.15) is 23.0 Å². The summed E-state index contributed by atoms with van der Waals surface area (Å²) in [4.78, 5) is 0. The first-order chi connectivity index (χ1) is 11.9. The summed E-state index contributed by atoms with van der Waals surface area (Å²) < 4.78 is 23.3. The molecule has 2 heterocycles. The lowest BCUT2D eigenvalue weighted by Crippen LogP contribution is -2.43. The molecule has 0 saturated carbocycles. The monoisotopic (exact) mass is 314 g/mol. The molecule has 5 rings (SSSR count). The molecule has 0 saturated heterocycles. The highest BCUT2D eigenvalue weighted by Crippen LogP contribution is 2.33. The van der Waals surface area contributed by atoms with E-state index in [1.165, 1.54) is 0 Å². The number of hydrogen-bond donors (Lipinski definition) is 0. The van der Waals surface area contributed by atoms with Gasteiger partial charge in [-0.1, -0.05) is 48.5 Å². The first-order valence-electron chi connectivity index (χ1n) is 7.81. The molecule has 4 nitrogen and oxygen atoms in total. The Morgan fingerprint density at radius 1 is 0.417 bits per heavy atom. The third-order valence-electron chi connectivity index (χ3n) is 4.12. The van der Waals surface area contributed by atoms with Gasteiger partial charge in [-0.25, -0.2) is 0 Å². The molecule has 0 unspecified atom stereocenters. The van der Waals surface area contributed by atoms with Crippen LogP contribution in [0.5, 0.6) is 23.0 Å². The highest BCUT2D eigenvalue weighted by atomic mass is 16.6. The fourth-order valence-electron chi connectivity index (χ4n) is 2.88. The van der Waals surface area contributed by atoms with Crippen LogP contribution < -0.4 is 29.5 Å². The van der Waals surface area contributed by atoms with Gasteiger partial charge in [0.05, 0.1) is 0 Å². The second-order valence-electron chi connectivity index (χ2n) is 5.70. The van der Waals surface area contributed by atoms with Crippen molar-refractivity contribution in [2.75, 3.05) is 0 Å². The van der Waals surface area contributed by atoms with Crippen molar-refractivity contribution in [3.63, 3.8) is 0 Å². The molecule has 2 aliphatic heterocycles. The van der Waals surface area contributed by atoms with E-state index in [2.05, 4.69) is 0 Å². The van der Waals surface area contributed by atoms with E-state index < -0.39 is 14.2 Å². The van der Waals surface area contributed by atoms with Crippen molar-refractivity contribution in [1.29, 1.82) is 0 Å². The molecule has 0 amide bonds. The number of benzene rings is 3. The van der Waals surface area contributed by atoms with E-state index in [4.69, 9.17) is 18.6 Å². The zero-order valence-electron chi connectivity index (χ0n) is 12.7. The molecular formula is C18H12B2O4. The first kappa shape index (κ1) is 13.4. The number of fused-ring (bicyclic) bond motifs is 2. The Morgan fingerprint density at radius 2 is 0.708 bits per heavy atom. The Kier molecular flexibility index (Phi) is 2.95. The molecular weight excluding hydrogens is 302 g/mol. The summed E-state index contributed by atoms with van der Waals surface area (Å²) >= 11 is 0. The van der Waals surface area contributed by atoms with Crippen molar-refractivity contribution in [1.82, 2.24) is 0 Å². The van der Waals surface area contributed by atoms with Crippen LogP contribution in [0.3, 0.4) is 0 Å². The summed E-state index contributed by atoms with van der Waals surface area (Å²) in [6.07, 6.45) is 0. The fraction of sp³-hybridized carbons (Fsp3) is 0. The lowest BCUT2D eigenvalue weighted by Gasteiger charge is -2.08. The Labute approximate surface area is 140 Å². The molecule has 24 heavy (non-hydrogen) atoms. The van der Waals surface area contributed by atoms with Crippen LogP contribution in [0.4, 0.5) is 0 Å². The summed E-state index contributed by atoms with van der Waals surface area (Å²) in [5.74, 6) is 3.07. The molecule has 0 aliphatic carbocycles. The Morgan fingerprint density at radius 3 is 1.00 bits per heavy atom. The van der Waals surface area contributed by atoms with Gasteiger partial charge in [0, 0.05) is 10.9 Å². The van der Waals surface area contributed by atoms with E-state index in [1.54, 1.807) is 0 Å². The molecule has 0 radical (unpaired) electrons. The predicted molar refractivity (Wildman–Crippen MR) is 92.6 cm³/mol. The standard InChI is InChI=1S/C18H12B2O4/c1-2-6-16-15(5-1)21-19(22-16)13-9-11-14(12-10-13)20-23-17-7-3-4-8-18(17)24-20/h1-12H. The maximum absolute atomic E-state index is 5.82. The number of rotatable bonds is 2. The Balaban J connectivity index is 1.34. The predicted octanol–water partition coefficient (Wildman–Crippen LogP) is 2.02. The molecule has 114 valence electrons. The van der Waals surface area contributed by atoms with Gasteiger partial charge in [-0.15, -0.1) is 0 Å². The molecule has 0 atom stereocenters. The first-order valence-corrected chi connectivity index (χ1v) is 7.81. The minimum Gasteiger partial charge on any atom is -0.519 e. The van der Waals surface area contributed by atoms with E-state index in [0.717, 1.165) is 33.9 Å². The van der Waals surface area contributed by atoms with Crippen LogP contribution in [0.2, 0.25) is 0 Å². The normalized spacial score (nSPS) is 14.2. The van der Waals surface area contributed by atoms with E-state index in [-0.39, 0.29) is 0 Å². The highest BCUT2D eigenvalue weighted by molar-refractivity contribution is 6.65. The van der Waals surface area contributed by atoms with E-state index in [9.17, 15) is 0 Å². The van der Waals surface area contributed by atoms with Crippen LogP contribution >= 0.6 is 0 Å². The summed E-state index contributed by atoms with van der Waals surface area (Å²) in [5.41, 5.74) is 1.90. The van der Waals surface area contributed by atoms with Crippen LogP contribution in [-0.4, -0.2) is 14.2 Å². The third-order valence-corrected chi connectivity index (χ3v) is 4.12. The topological polar surface area (TPSA) is 36.9 Å². The van der Waals surface area contributed by atoms with Crippen molar-refractivity contribution in [2.45, 2.75) is 0 Å². The molecule has 0 spiro atoms. The van der Waals surface area contributed by atoms with Gasteiger partial charge in [-0.05, 0) is 24.3 Å². The summed E-state index contributed by atoms with van der Waals surface area (Å²) in [7, 11) is -0.835. The smallest absolute Gasteiger partial charge is 0.519 e. The largest absolute Gasteiger partial charge is 0.632 e. The Bertz CT molecular complexity index is 773. The summed E-state index contributed by atoms with van der Waals surface area (Å²) in [6.45, 7) is 0. The maximum atomic E-state index is 5.82. The van der Waals surface area contributed by atoms with E-state index in [1.807, 2.05) is 72.8 Å². The van der Waals surface area contributed by atoms with Crippen LogP contribution in [0, 0.1) is 0 Å². The minimum atomic E-state index is -0.418. The van der Waals surface area contributed by atoms with Crippen molar-refractivity contribution >= 4 is 25.2 Å². The molecule has 3 aromatic carbocycles. The van der Waals surface area contributed by atoms with Crippen LogP contribution in [0.1, 0.15) is 0 Å². The number of para-hydroxylation sites is 4. The van der Waals surface area contributed by atoms with Crippen molar-refractivity contribution < 1.29 is 18.6 Å². The van der Waals surface area contributed by atoms with Gasteiger partial charge in [-0.2, -0.15) is 0 Å². The zero-order valence-corrected chi connectivity index (χ0v) is 12.7. The zero-order chi connectivity index (χ0) is 15.9. The van der Waals surface area contributed by atoms with Gasteiger partial charge in [0.15, 0.2) is 0 Å². The molecule has 6 heteroatoms. The summed E-state index contributed by atoms with van der Waals surface area (Å²) in [5, 5.41) is 0. The molecule has 3 aromatic rings. The molecule has 2 aliphatic rings. The molecule has 0 bridgehead atoms. The summed E-state index contributed by atoms with van der Waals surface area (Å²) in [6, 6.07) is 23.2. The third kappa shape index (κ3) is 2.19. The Hall–Kier alpha value is -3.01. The second kappa shape index (κ2) is 5.27. The molecule has 0 aromatic heterocycles. The lowest BCUT2D eigenvalue weighted by molar-refractivity contribution is 0.517. The number of hydrogen-bond acceptors (Lipinski definition) is 4. The van der Waals surface area contributed by atoms with Gasteiger partial charge in [0.25, 0.3) is 0 Å². The van der Waals surface area contributed by atoms with Crippen LogP contribution in [-0.2, 0) is 0 Å². The molecule has 0 N–H and O–H groups in total. The van der Waals surface area contributed by atoms with Crippen LogP contribution in [0.15, 0.2) is 72.8 Å². The van der Waals surface area contributed by atoms with E-state index >= 15 is 0 Å². The average molecular weight is 314 g/mol. The molecule has 0 fully saturated rings. The average Bonchev–Trinajstić information content (AvgIpc) is 3.25. The minimum absolute atomic E-state index is 0.418. The fourth-order valence-corrected chi connectivity index (χ4v) is 2.88. The van der Waals surface area contributed by atoms with Crippen LogP contribution in [0.25, 0.3) is 0 Å². The quantitative estimate of drug-likeness (QED) is 0.678. The van der Waals surface area contributed by atoms with Gasteiger partial charge in [-0.3, -0.25) is 0 Å². The van der Waals surface area contributed by atoms with Gasteiger partial charge >= 0.3 is 14.2 Å². The SMILES string of the molecule is c1ccc2c(c1)OB(c1ccc(B3Oc4ccccc4O3)cc1)O2. The van der Waals surface area contributed by atoms with Gasteiger partial charge < -0.3 is 18.6 Å². The van der Waals surface area contributed by atoms with E-state index in [0.29, 0.717) is 0 Å². The van der Waals surface area contributed by atoms with Crippen molar-refractivity contribution in [2.24, 2.45) is 0 Å². The van der Waals surface area contributed by atoms with Crippen molar-refractivity contribution in [3.8, 4) is 23.0 Å². The van der Waals surface area contributed by atoms with Crippen molar-refractivity contribution in [3.05, 3.63) is 72.8 Å². The maximum Gasteiger partial charge on any atom is 0.632 e. The lowest BCUT2D eigenvalue weighted by atomic mass is 9.74. The van der Waals surface area contributed by atoms with Gasteiger partial charge in [0.2, 0.25) is 0 Å². The second-order valence-corrected chi connectivity index (χ2v) is 5.70. The highest BCUT2D eigenvalue weighted by Gasteiger charge is 2.36.